The number of carbonyl (C=O) groups is 2. The molecule has 5 nitrogen and oxygen atoms in total. The molecule has 2 fully saturated rings. The Morgan fingerprint density at radius 2 is 1.93 bits per heavy atom. The second kappa shape index (κ2) is 6.85. The Kier molecular flexibility index (Phi) is 4.28. The number of benzene rings is 2. The lowest BCUT2D eigenvalue weighted by atomic mass is 9.77. The molecule has 0 aliphatic carbocycles. The SMILES string of the molecule is CCc1ccccc1N1C[C@@]23C=C[C@@H](O2)C(C(=O)OCc2ccccc2)[C@H]3C1=O. The molecular formula is C24H23NO4. The molecule has 29 heavy (non-hydrogen) atoms. The number of hydrogen-bond donors (Lipinski definition) is 0. The molecule has 2 bridgehead atoms. The predicted molar refractivity (Wildman–Crippen MR) is 108 cm³/mol. The van der Waals surface area contributed by atoms with Gasteiger partial charge in [0.2, 0.25) is 5.91 Å². The van der Waals surface area contributed by atoms with Crippen LogP contribution in [0.25, 0.3) is 0 Å². The van der Waals surface area contributed by atoms with Gasteiger partial charge in [-0.3, -0.25) is 9.59 Å². The van der Waals surface area contributed by atoms with Gasteiger partial charge in [-0.2, -0.15) is 0 Å². The van der Waals surface area contributed by atoms with E-state index < -0.39 is 23.5 Å². The standard InChI is InChI=1S/C24H23NO4/c1-2-17-10-6-7-11-18(17)25-15-24-13-12-19(29-24)20(21(24)22(25)26)23(27)28-14-16-8-4-3-5-9-16/h3-13,19-21H,2,14-15H2,1H3/t19-,20?,21+,24-/m1/s1. The van der Waals surface area contributed by atoms with Gasteiger partial charge < -0.3 is 14.4 Å². The normalized spacial score (nSPS) is 29.3. The van der Waals surface area contributed by atoms with Crippen LogP contribution in [0.3, 0.4) is 0 Å². The zero-order valence-corrected chi connectivity index (χ0v) is 16.3. The molecule has 3 aliphatic heterocycles. The monoisotopic (exact) mass is 389 g/mol. The Balaban J connectivity index is 1.40. The van der Waals surface area contributed by atoms with Gasteiger partial charge in [-0.1, -0.05) is 67.6 Å². The van der Waals surface area contributed by atoms with Crippen molar-refractivity contribution in [2.24, 2.45) is 11.8 Å². The zero-order valence-electron chi connectivity index (χ0n) is 16.3. The third-order valence-electron chi connectivity index (χ3n) is 6.26. The molecule has 0 radical (unpaired) electrons. The topological polar surface area (TPSA) is 55.8 Å². The average Bonchev–Trinajstić information content (AvgIpc) is 3.41. The summed E-state index contributed by atoms with van der Waals surface area (Å²) in [4.78, 5) is 28.2. The molecule has 1 amide bonds. The van der Waals surface area contributed by atoms with Crippen LogP contribution in [0, 0.1) is 11.8 Å². The van der Waals surface area contributed by atoms with E-state index >= 15 is 0 Å². The van der Waals surface area contributed by atoms with Crippen LogP contribution in [0.5, 0.6) is 0 Å². The minimum absolute atomic E-state index is 0.0561. The van der Waals surface area contributed by atoms with Crippen molar-refractivity contribution in [1.82, 2.24) is 0 Å². The van der Waals surface area contributed by atoms with Gasteiger partial charge in [-0.05, 0) is 23.6 Å². The van der Waals surface area contributed by atoms with Gasteiger partial charge in [0.05, 0.1) is 18.6 Å². The van der Waals surface area contributed by atoms with Crippen LogP contribution < -0.4 is 4.90 Å². The lowest BCUT2D eigenvalue weighted by Gasteiger charge is -2.23. The lowest BCUT2D eigenvalue weighted by Crippen LogP contribution is -2.40. The molecule has 2 aromatic carbocycles. The summed E-state index contributed by atoms with van der Waals surface area (Å²) in [6, 6.07) is 17.5. The molecule has 2 aromatic rings. The van der Waals surface area contributed by atoms with E-state index in [1.165, 1.54) is 0 Å². The first kappa shape index (κ1) is 18.1. The van der Waals surface area contributed by atoms with Crippen LogP contribution in [0.1, 0.15) is 18.1 Å². The van der Waals surface area contributed by atoms with Gasteiger partial charge in [-0.25, -0.2) is 0 Å². The number of aryl methyl sites for hydroxylation is 1. The van der Waals surface area contributed by atoms with E-state index in [1.54, 1.807) is 4.90 Å². The second-order valence-corrected chi connectivity index (χ2v) is 7.90. The highest BCUT2D eigenvalue weighted by atomic mass is 16.6. The van der Waals surface area contributed by atoms with Gasteiger partial charge in [0.15, 0.2) is 0 Å². The fourth-order valence-corrected chi connectivity index (χ4v) is 4.87. The van der Waals surface area contributed by atoms with E-state index in [2.05, 4.69) is 6.92 Å². The highest BCUT2D eigenvalue weighted by Gasteiger charge is 2.67. The van der Waals surface area contributed by atoms with E-state index in [0.717, 1.165) is 23.2 Å². The van der Waals surface area contributed by atoms with Crippen molar-refractivity contribution in [2.75, 3.05) is 11.4 Å². The fraction of sp³-hybridized carbons (Fsp3) is 0.333. The first-order valence-electron chi connectivity index (χ1n) is 10.1. The molecule has 5 heteroatoms. The molecule has 0 N–H and O–H groups in total. The first-order chi connectivity index (χ1) is 14.1. The van der Waals surface area contributed by atoms with Gasteiger partial charge in [0.1, 0.15) is 18.1 Å². The predicted octanol–water partition coefficient (Wildman–Crippen LogP) is 3.28. The molecule has 3 heterocycles. The van der Waals surface area contributed by atoms with Crippen molar-refractivity contribution < 1.29 is 19.1 Å². The van der Waals surface area contributed by atoms with Crippen LogP contribution in [0.15, 0.2) is 66.7 Å². The van der Waals surface area contributed by atoms with Crippen LogP contribution >= 0.6 is 0 Å². The number of amides is 1. The summed E-state index contributed by atoms with van der Waals surface area (Å²) in [7, 11) is 0. The highest BCUT2D eigenvalue weighted by Crippen LogP contribution is 2.53. The van der Waals surface area contributed by atoms with Crippen LogP contribution in [-0.4, -0.2) is 30.1 Å². The molecule has 5 rings (SSSR count). The fourth-order valence-electron chi connectivity index (χ4n) is 4.87. The minimum atomic E-state index is -0.737. The maximum atomic E-state index is 13.4. The lowest BCUT2D eigenvalue weighted by molar-refractivity contribution is -0.153. The van der Waals surface area contributed by atoms with Gasteiger partial charge in [0.25, 0.3) is 0 Å². The van der Waals surface area contributed by atoms with Crippen LogP contribution in [0.2, 0.25) is 0 Å². The smallest absolute Gasteiger partial charge is 0.313 e. The summed E-state index contributed by atoms with van der Waals surface area (Å²) in [6.07, 6.45) is 4.32. The minimum Gasteiger partial charge on any atom is -0.460 e. The van der Waals surface area contributed by atoms with Crippen LogP contribution in [0.4, 0.5) is 5.69 Å². The Labute approximate surface area is 169 Å². The number of esters is 1. The maximum Gasteiger partial charge on any atom is 0.313 e. The van der Waals surface area contributed by atoms with Crippen molar-refractivity contribution in [2.45, 2.75) is 31.7 Å². The van der Waals surface area contributed by atoms with Crippen molar-refractivity contribution in [3.05, 3.63) is 77.9 Å². The van der Waals surface area contributed by atoms with E-state index in [1.807, 2.05) is 66.7 Å². The summed E-state index contributed by atoms with van der Waals surface area (Å²) in [5.74, 6) is -1.56. The largest absolute Gasteiger partial charge is 0.460 e. The highest BCUT2D eigenvalue weighted by molar-refractivity contribution is 6.03. The maximum absolute atomic E-state index is 13.4. The van der Waals surface area contributed by atoms with E-state index in [0.29, 0.717) is 6.54 Å². The van der Waals surface area contributed by atoms with Crippen molar-refractivity contribution in [3.63, 3.8) is 0 Å². The Hall–Kier alpha value is -2.92. The average molecular weight is 389 g/mol. The number of carbonyl (C=O) groups excluding carboxylic acids is 2. The Bertz CT molecular complexity index is 985. The molecule has 4 atom stereocenters. The number of hydrogen-bond acceptors (Lipinski definition) is 4. The third kappa shape index (κ3) is 2.80. The first-order valence-corrected chi connectivity index (χ1v) is 10.1. The van der Waals surface area contributed by atoms with Gasteiger partial charge >= 0.3 is 5.97 Å². The summed E-state index contributed by atoms with van der Waals surface area (Å²) in [6.45, 7) is 2.70. The van der Waals surface area contributed by atoms with E-state index in [-0.39, 0.29) is 18.5 Å². The number of para-hydroxylation sites is 1. The van der Waals surface area contributed by atoms with E-state index in [9.17, 15) is 9.59 Å². The zero-order chi connectivity index (χ0) is 20.0. The second-order valence-electron chi connectivity index (χ2n) is 7.90. The molecular weight excluding hydrogens is 366 g/mol. The number of rotatable bonds is 5. The summed E-state index contributed by atoms with van der Waals surface area (Å²) in [5, 5.41) is 0. The molecule has 3 aliphatic rings. The Morgan fingerprint density at radius 1 is 1.17 bits per heavy atom. The molecule has 0 aromatic heterocycles. The quantitative estimate of drug-likeness (QED) is 0.582. The van der Waals surface area contributed by atoms with Gasteiger partial charge in [-0.15, -0.1) is 0 Å². The number of ether oxygens (including phenoxy) is 2. The van der Waals surface area contributed by atoms with Crippen molar-refractivity contribution >= 4 is 17.6 Å². The molecule has 148 valence electrons. The summed E-state index contributed by atoms with van der Waals surface area (Å²) in [5.41, 5.74) is 2.20. The number of anilines is 1. The van der Waals surface area contributed by atoms with Crippen molar-refractivity contribution in [3.8, 4) is 0 Å². The van der Waals surface area contributed by atoms with Crippen LogP contribution in [-0.2, 0) is 32.1 Å². The molecule has 1 spiro atoms. The van der Waals surface area contributed by atoms with Crippen molar-refractivity contribution in [1.29, 1.82) is 0 Å². The van der Waals surface area contributed by atoms with Gasteiger partial charge in [0, 0.05) is 5.69 Å². The Morgan fingerprint density at radius 3 is 2.72 bits per heavy atom. The number of nitrogens with zero attached hydrogens (tertiary/aromatic N) is 1. The van der Waals surface area contributed by atoms with E-state index in [4.69, 9.17) is 9.47 Å². The molecule has 1 unspecified atom stereocenters. The molecule has 0 saturated carbocycles. The third-order valence-corrected chi connectivity index (χ3v) is 6.26. The summed E-state index contributed by atoms with van der Waals surface area (Å²) >= 11 is 0. The number of fused-ring (bicyclic) bond motifs is 1. The molecule has 2 saturated heterocycles. The summed E-state index contributed by atoms with van der Waals surface area (Å²) < 4.78 is 11.8.